The van der Waals surface area contributed by atoms with Gasteiger partial charge in [0.15, 0.2) is 11.7 Å². The number of fused-ring (bicyclic) bond motifs is 1. The number of hydrogen-bond donors (Lipinski definition) is 1. The van der Waals surface area contributed by atoms with Crippen LogP contribution in [0.2, 0.25) is 0 Å². The van der Waals surface area contributed by atoms with Gasteiger partial charge in [0.25, 0.3) is 0 Å². The van der Waals surface area contributed by atoms with E-state index in [1.165, 1.54) is 56.2 Å². The summed E-state index contributed by atoms with van der Waals surface area (Å²) in [7, 11) is 0. The molecule has 0 aliphatic heterocycles. The van der Waals surface area contributed by atoms with Gasteiger partial charge in [0.05, 0.1) is 11.3 Å². The van der Waals surface area contributed by atoms with Crippen molar-refractivity contribution in [1.82, 2.24) is 30.6 Å². The smallest absolute Gasteiger partial charge is 0.191 e. The van der Waals surface area contributed by atoms with E-state index in [9.17, 15) is 0 Å². The molecule has 0 bridgehead atoms. The molecule has 2 aliphatic carbocycles. The van der Waals surface area contributed by atoms with Gasteiger partial charge in [-0.05, 0) is 60.9 Å². The molecule has 0 saturated heterocycles. The zero-order chi connectivity index (χ0) is 19.8. The molecule has 3 aromatic rings. The van der Waals surface area contributed by atoms with Crippen molar-refractivity contribution < 1.29 is 4.42 Å². The fraction of sp³-hybridized carbons (Fsp3) is 0.591. The Hall–Kier alpha value is -2.57. The number of nitrogens with zero attached hydrogens (tertiary/aromatic N) is 5. The van der Waals surface area contributed by atoms with Crippen molar-refractivity contribution in [1.29, 1.82) is 0 Å². The van der Waals surface area contributed by atoms with Crippen LogP contribution in [-0.2, 0) is 18.3 Å². The Labute approximate surface area is 170 Å². The number of aromatic amines is 1. The fourth-order valence-electron chi connectivity index (χ4n) is 5.37. The van der Waals surface area contributed by atoms with Gasteiger partial charge in [-0.25, -0.2) is 10.1 Å². The molecule has 5 rings (SSSR count). The van der Waals surface area contributed by atoms with Gasteiger partial charge in [0.1, 0.15) is 12.0 Å². The highest BCUT2D eigenvalue weighted by Gasteiger charge is 2.40. The predicted octanol–water partition coefficient (Wildman–Crippen LogP) is 4.72. The topological polar surface area (TPSA) is 93.4 Å². The van der Waals surface area contributed by atoms with Crippen LogP contribution in [0.15, 0.2) is 10.7 Å². The van der Waals surface area contributed by atoms with Crippen LogP contribution in [0.4, 0.5) is 0 Å². The van der Waals surface area contributed by atoms with Crippen molar-refractivity contribution in [2.75, 3.05) is 0 Å². The summed E-state index contributed by atoms with van der Waals surface area (Å²) in [5.41, 5.74) is 6.82. The van der Waals surface area contributed by atoms with E-state index in [-0.39, 0.29) is 5.41 Å². The highest BCUT2D eigenvalue weighted by molar-refractivity contribution is 5.84. The van der Waals surface area contributed by atoms with Crippen molar-refractivity contribution in [3.63, 3.8) is 0 Å². The van der Waals surface area contributed by atoms with Gasteiger partial charge in [-0.1, -0.05) is 26.2 Å². The summed E-state index contributed by atoms with van der Waals surface area (Å²) in [6.07, 6.45) is 13.3. The first-order valence-electron chi connectivity index (χ1n) is 10.9. The summed E-state index contributed by atoms with van der Waals surface area (Å²) in [6, 6.07) is 0. The molecule has 1 saturated carbocycles. The maximum atomic E-state index is 5.64. The van der Waals surface area contributed by atoms with Crippen LogP contribution in [0.25, 0.3) is 22.6 Å². The number of pyridine rings is 1. The first-order valence-corrected chi connectivity index (χ1v) is 10.9. The molecular formula is C22H28N6O. The quantitative estimate of drug-likeness (QED) is 0.646. The molecule has 7 nitrogen and oxygen atoms in total. The summed E-state index contributed by atoms with van der Waals surface area (Å²) in [6.45, 7) is 4.19. The third-order valence-electron chi connectivity index (χ3n) is 6.92. The Morgan fingerprint density at radius 1 is 1.03 bits per heavy atom. The number of aromatic nitrogens is 6. The molecule has 1 N–H and O–H groups in total. The second-order valence-electron chi connectivity index (χ2n) is 8.54. The van der Waals surface area contributed by atoms with Crippen molar-refractivity contribution in [2.24, 2.45) is 0 Å². The van der Waals surface area contributed by atoms with Crippen molar-refractivity contribution >= 4 is 0 Å². The number of hydrogen-bond acceptors (Lipinski definition) is 6. The predicted molar refractivity (Wildman–Crippen MR) is 109 cm³/mol. The summed E-state index contributed by atoms with van der Waals surface area (Å²) in [4.78, 5) is 10.1. The minimum absolute atomic E-state index is 0.0803. The second kappa shape index (κ2) is 7.35. The number of aryl methyl sites for hydroxylation is 2. The minimum atomic E-state index is 0.0803. The van der Waals surface area contributed by atoms with Gasteiger partial charge in [-0.15, -0.1) is 5.10 Å². The molecule has 1 fully saturated rings. The SMILES string of the molecule is CCC1(c2nc3c(c(-c4coc(C)n4)c2-c2nnn[nH]2)CCCCC3)CCCC1. The maximum absolute atomic E-state index is 5.64. The molecule has 29 heavy (non-hydrogen) atoms. The van der Waals surface area contributed by atoms with E-state index >= 15 is 0 Å². The van der Waals surface area contributed by atoms with Gasteiger partial charge in [0.2, 0.25) is 0 Å². The average Bonchev–Trinajstić information content (AvgIpc) is 3.47. The van der Waals surface area contributed by atoms with Crippen LogP contribution in [0.3, 0.4) is 0 Å². The van der Waals surface area contributed by atoms with Crippen molar-refractivity contribution in [3.8, 4) is 22.6 Å². The third kappa shape index (κ3) is 3.07. The number of H-pyrrole nitrogens is 1. The van der Waals surface area contributed by atoms with Gasteiger partial charge in [-0.2, -0.15) is 0 Å². The largest absolute Gasteiger partial charge is 0.449 e. The normalized spacial score (nSPS) is 18.6. The zero-order valence-corrected chi connectivity index (χ0v) is 17.3. The number of nitrogens with one attached hydrogen (secondary N) is 1. The molecule has 7 heteroatoms. The highest BCUT2D eigenvalue weighted by Crippen LogP contribution is 2.49. The lowest BCUT2D eigenvalue weighted by atomic mass is 9.75. The minimum Gasteiger partial charge on any atom is -0.449 e. The summed E-state index contributed by atoms with van der Waals surface area (Å²) >= 11 is 0. The molecular weight excluding hydrogens is 364 g/mol. The van der Waals surface area contributed by atoms with E-state index in [2.05, 4.69) is 27.5 Å². The Morgan fingerprint density at radius 3 is 2.55 bits per heavy atom. The molecule has 0 unspecified atom stereocenters. The summed E-state index contributed by atoms with van der Waals surface area (Å²) < 4.78 is 5.64. The van der Waals surface area contributed by atoms with Crippen LogP contribution < -0.4 is 0 Å². The second-order valence-corrected chi connectivity index (χ2v) is 8.54. The van der Waals surface area contributed by atoms with Crippen LogP contribution in [0.5, 0.6) is 0 Å². The molecule has 0 radical (unpaired) electrons. The van der Waals surface area contributed by atoms with E-state index in [4.69, 9.17) is 14.4 Å². The molecule has 152 valence electrons. The van der Waals surface area contributed by atoms with E-state index in [1.54, 1.807) is 6.26 Å². The van der Waals surface area contributed by atoms with Crippen molar-refractivity contribution in [2.45, 2.75) is 83.5 Å². The third-order valence-corrected chi connectivity index (χ3v) is 6.92. The summed E-state index contributed by atoms with van der Waals surface area (Å²) in [5, 5.41) is 15.1. The molecule has 0 atom stereocenters. The van der Waals surface area contributed by atoms with Gasteiger partial charge in [0, 0.05) is 23.6 Å². The van der Waals surface area contributed by atoms with E-state index in [0.29, 0.717) is 11.7 Å². The van der Waals surface area contributed by atoms with Crippen LogP contribution >= 0.6 is 0 Å². The molecule has 2 aliphatic rings. The zero-order valence-electron chi connectivity index (χ0n) is 17.3. The average molecular weight is 393 g/mol. The van der Waals surface area contributed by atoms with Crippen LogP contribution in [0.1, 0.15) is 81.1 Å². The lowest BCUT2D eigenvalue weighted by Crippen LogP contribution is -2.25. The van der Waals surface area contributed by atoms with Gasteiger partial charge >= 0.3 is 0 Å². The standard InChI is InChI=1S/C22H28N6O/c1-3-22(11-7-8-12-22)20-19(21-25-27-28-26-21)18(17-13-29-14(2)23-17)15-9-5-4-6-10-16(15)24-20/h13H,3-12H2,1-2H3,(H,25,26,27,28). The highest BCUT2D eigenvalue weighted by atomic mass is 16.3. The summed E-state index contributed by atoms with van der Waals surface area (Å²) in [5.74, 6) is 1.36. The van der Waals surface area contributed by atoms with Crippen molar-refractivity contribution in [3.05, 3.63) is 29.1 Å². The molecule has 3 heterocycles. The maximum Gasteiger partial charge on any atom is 0.191 e. The van der Waals surface area contributed by atoms with E-state index in [1.807, 2.05) is 6.92 Å². The van der Waals surface area contributed by atoms with E-state index in [0.717, 1.165) is 41.8 Å². The first-order chi connectivity index (χ1) is 14.2. The number of oxazole rings is 1. The molecule has 0 spiro atoms. The van der Waals surface area contributed by atoms with Crippen LogP contribution in [0, 0.1) is 6.92 Å². The lowest BCUT2D eigenvalue weighted by molar-refractivity contribution is 0.412. The Kier molecular flexibility index (Phi) is 4.68. The van der Waals surface area contributed by atoms with E-state index < -0.39 is 0 Å². The molecule has 0 aromatic carbocycles. The first kappa shape index (κ1) is 18.5. The van der Waals surface area contributed by atoms with Gasteiger partial charge < -0.3 is 4.42 Å². The Bertz CT molecular complexity index is 1000. The lowest BCUT2D eigenvalue weighted by Gasteiger charge is -2.31. The molecule has 3 aromatic heterocycles. The molecule has 0 amide bonds. The number of rotatable bonds is 4. The Balaban J connectivity index is 1.87. The van der Waals surface area contributed by atoms with Gasteiger partial charge in [-0.3, -0.25) is 4.98 Å². The monoisotopic (exact) mass is 392 g/mol. The van der Waals surface area contributed by atoms with Crippen LogP contribution in [-0.4, -0.2) is 30.6 Å². The fourth-order valence-corrected chi connectivity index (χ4v) is 5.37. The Morgan fingerprint density at radius 2 is 1.86 bits per heavy atom. The number of tetrazole rings is 1.